The number of phenols is 1. The summed E-state index contributed by atoms with van der Waals surface area (Å²) in [5.41, 5.74) is 7.52. The molecule has 0 saturated carbocycles. The van der Waals surface area contributed by atoms with Crippen molar-refractivity contribution in [2.45, 2.75) is 0 Å². The molecular formula is C11H9N3O. The Balaban J connectivity index is 2.58. The second kappa shape index (κ2) is 2.63. The number of phenolic OH excluding ortho intramolecular Hbond substituents is 1. The fraction of sp³-hybridized carbons (Fsp3) is 0. The molecule has 74 valence electrons. The molecule has 0 atom stereocenters. The molecule has 0 saturated heterocycles. The first-order valence-corrected chi connectivity index (χ1v) is 4.60. The highest BCUT2D eigenvalue weighted by atomic mass is 16.3. The molecule has 4 nitrogen and oxygen atoms in total. The second-order valence-corrected chi connectivity index (χ2v) is 3.47. The van der Waals surface area contributed by atoms with Crippen LogP contribution in [0.3, 0.4) is 0 Å². The number of hydrogen-bond donors (Lipinski definition) is 3. The standard InChI is InChI=1S/C11H9N3O/c12-11-10-7(3-4-13-11)8-5-6(15)1-2-9(8)14-10/h1-5,14-15H,(H2,12,13). The van der Waals surface area contributed by atoms with Crippen molar-refractivity contribution in [3.8, 4) is 5.75 Å². The van der Waals surface area contributed by atoms with Crippen molar-refractivity contribution in [1.82, 2.24) is 9.97 Å². The van der Waals surface area contributed by atoms with Gasteiger partial charge in [-0.25, -0.2) is 4.98 Å². The molecule has 0 radical (unpaired) electrons. The molecule has 0 unspecified atom stereocenters. The molecule has 1 aromatic carbocycles. The largest absolute Gasteiger partial charge is 0.508 e. The van der Waals surface area contributed by atoms with Gasteiger partial charge in [0.25, 0.3) is 0 Å². The molecule has 2 heterocycles. The van der Waals surface area contributed by atoms with E-state index in [1.807, 2.05) is 12.1 Å². The van der Waals surface area contributed by atoms with Gasteiger partial charge in [-0.1, -0.05) is 0 Å². The van der Waals surface area contributed by atoms with Gasteiger partial charge in [0.1, 0.15) is 11.6 Å². The number of fused-ring (bicyclic) bond motifs is 3. The third-order valence-electron chi connectivity index (χ3n) is 2.53. The number of aromatic amines is 1. The molecule has 2 aromatic heterocycles. The maximum atomic E-state index is 9.42. The van der Waals surface area contributed by atoms with Crippen LogP contribution in [0.4, 0.5) is 5.82 Å². The summed E-state index contributed by atoms with van der Waals surface area (Å²) < 4.78 is 0. The van der Waals surface area contributed by atoms with Gasteiger partial charge in [0, 0.05) is 22.5 Å². The predicted molar refractivity (Wildman–Crippen MR) is 59.7 cm³/mol. The molecule has 3 rings (SSSR count). The lowest BCUT2D eigenvalue weighted by Gasteiger charge is -1.93. The Hall–Kier alpha value is -2.23. The number of aromatic hydroxyl groups is 1. The van der Waals surface area contributed by atoms with Crippen LogP contribution in [0.2, 0.25) is 0 Å². The molecule has 0 aliphatic carbocycles. The number of aromatic nitrogens is 2. The van der Waals surface area contributed by atoms with Crippen LogP contribution in [0.25, 0.3) is 21.8 Å². The Morgan fingerprint density at radius 3 is 2.93 bits per heavy atom. The van der Waals surface area contributed by atoms with E-state index in [4.69, 9.17) is 5.73 Å². The van der Waals surface area contributed by atoms with Crippen molar-refractivity contribution >= 4 is 27.6 Å². The number of pyridine rings is 1. The number of hydrogen-bond acceptors (Lipinski definition) is 3. The predicted octanol–water partition coefficient (Wildman–Crippen LogP) is 2.00. The highest BCUT2D eigenvalue weighted by Crippen LogP contribution is 2.29. The fourth-order valence-corrected chi connectivity index (χ4v) is 1.83. The maximum absolute atomic E-state index is 9.42. The van der Waals surface area contributed by atoms with E-state index in [-0.39, 0.29) is 5.75 Å². The monoisotopic (exact) mass is 199 g/mol. The van der Waals surface area contributed by atoms with Gasteiger partial charge in [-0.05, 0) is 24.3 Å². The van der Waals surface area contributed by atoms with Crippen LogP contribution in [-0.2, 0) is 0 Å². The van der Waals surface area contributed by atoms with Gasteiger partial charge < -0.3 is 15.8 Å². The lowest BCUT2D eigenvalue weighted by molar-refractivity contribution is 0.476. The van der Waals surface area contributed by atoms with Crippen LogP contribution in [0.5, 0.6) is 5.75 Å². The third-order valence-corrected chi connectivity index (χ3v) is 2.53. The van der Waals surface area contributed by atoms with E-state index in [1.165, 1.54) is 0 Å². The lowest BCUT2D eigenvalue weighted by Crippen LogP contribution is -1.89. The van der Waals surface area contributed by atoms with Crippen molar-refractivity contribution in [1.29, 1.82) is 0 Å². The van der Waals surface area contributed by atoms with Crippen LogP contribution in [0.15, 0.2) is 30.5 Å². The van der Waals surface area contributed by atoms with Crippen LogP contribution in [0.1, 0.15) is 0 Å². The number of nitrogens with one attached hydrogen (secondary N) is 1. The van der Waals surface area contributed by atoms with Crippen molar-refractivity contribution in [2.75, 3.05) is 5.73 Å². The topological polar surface area (TPSA) is 74.9 Å². The lowest BCUT2D eigenvalue weighted by atomic mass is 10.2. The maximum Gasteiger partial charge on any atom is 0.147 e. The summed E-state index contributed by atoms with van der Waals surface area (Å²) in [6, 6.07) is 7.06. The number of nitrogens with two attached hydrogens (primary N) is 1. The van der Waals surface area contributed by atoms with Gasteiger partial charge in [-0.3, -0.25) is 0 Å². The Morgan fingerprint density at radius 2 is 2.07 bits per heavy atom. The number of nitrogen functional groups attached to an aromatic ring is 1. The number of H-pyrrole nitrogens is 1. The minimum absolute atomic E-state index is 0.249. The first-order valence-electron chi connectivity index (χ1n) is 4.60. The fourth-order valence-electron chi connectivity index (χ4n) is 1.83. The Labute approximate surface area is 85.4 Å². The van der Waals surface area contributed by atoms with Gasteiger partial charge in [-0.2, -0.15) is 0 Å². The quantitative estimate of drug-likeness (QED) is 0.518. The normalized spacial score (nSPS) is 11.2. The molecule has 4 N–H and O–H groups in total. The van der Waals surface area contributed by atoms with E-state index in [1.54, 1.807) is 18.3 Å². The summed E-state index contributed by atoms with van der Waals surface area (Å²) in [6.45, 7) is 0. The number of benzene rings is 1. The van der Waals surface area contributed by atoms with Crippen LogP contribution < -0.4 is 5.73 Å². The highest BCUT2D eigenvalue weighted by molar-refractivity contribution is 6.10. The van der Waals surface area contributed by atoms with Crippen molar-refractivity contribution < 1.29 is 5.11 Å². The molecule has 0 bridgehead atoms. The molecular weight excluding hydrogens is 190 g/mol. The van der Waals surface area contributed by atoms with Crippen molar-refractivity contribution in [3.63, 3.8) is 0 Å². The zero-order valence-corrected chi connectivity index (χ0v) is 7.86. The second-order valence-electron chi connectivity index (χ2n) is 3.47. The van der Waals surface area contributed by atoms with Crippen LogP contribution in [-0.4, -0.2) is 15.1 Å². The Kier molecular flexibility index (Phi) is 1.42. The van der Waals surface area contributed by atoms with E-state index in [0.29, 0.717) is 5.82 Å². The molecule has 0 fully saturated rings. The summed E-state index contributed by atoms with van der Waals surface area (Å²) in [4.78, 5) is 7.18. The Bertz CT molecular complexity index is 657. The van der Waals surface area contributed by atoms with Gasteiger partial charge in [0.15, 0.2) is 0 Å². The van der Waals surface area contributed by atoms with E-state index in [9.17, 15) is 5.11 Å². The SMILES string of the molecule is Nc1nccc2c1[nH]c1ccc(O)cc12. The van der Waals surface area contributed by atoms with Crippen LogP contribution >= 0.6 is 0 Å². The van der Waals surface area contributed by atoms with Crippen molar-refractivity contribution in [3.05, 3.63) is 30.5 Å². The molecule has 0 spiro atoms. The number of anilines is 1. The first kappa shape index (κ1) is 8.11. The number of rotatable bonds is 0. The van der Waals surface area contributed by atoms with Gasteiger partial charge in [-0.15, -0.1) is 0 Å². The Morgan fingerprint density at radius 1 is 1.20 bits per heavy atom. The number of nitrogens with zero attached hydrogens (tertiary/aromatic N) is 1. The molecule has 0 aliphatic heterocycles. The van der Waals surface area contributed by atoms with Gasteiger partial charge >= 0.3 is 0 Å². The van der Waals surface area contributed by atoms with Crippen molar-refractivity contribution in [2.24, 2.45) is 0 Å². The summed E-state index contributed by atoms with van der Waals surface area (Å²) >= 11 is 0. The zero-order valence-electron chi connectivity index (χ0n) is 7.86. The smallest absolute Gasteiger partial charge is 0.147 e. The average Bonchev–Trinajstić information content (AvgIpc) is 2.58. The zero-order chi connectivity index (χ0) is 10.4. The average molecular weight is 199 g/mol. The summed E-state index contributed by atoms with van der Waals surface area (Å²) in [7, 11) is 0. The summed E-state index contributed by atoms with van der Waals surface area (Å²) in [5, 5.41) is 11.4. The minimum atomic E-state index is 0.249. The van der Waals surface area contributed by atoms with E-state index in [0.717, 1.165) is 21.8 Å². The molecule has 4 heteroatoms. The summed E-state index contributed by atoms with van der Waals surface area (Å²) in [6.07, 6.45) is 1.66. The highest BCUT2D eigenvalue weighted by Gasteiger charge is 2.06. The third kappa shape index (κ3) is 1.05. The molecule has 0 amide bonds. The molecule has 15 heavy (non-hydrogen) atoms. The van der Waals surface area contributed by atoms with E-state index < -0.39 is 0 Å². The first-order chi connectivity index (χ1) is 7.25. The van der Waals surface area contributed by atoms with Crippen LogP contribution in [0, 0.1) is 0 Å². The molecule has 3 aromatic rings. The summed E-state index contributed by atoms with van der Waals surface area (Å²) in [5.74, 6) is 0.724. The van der Waals surface area contributed by atoms with E-state index in [2.05, 4.69) is 9.97 Å². The minimum Gasteiger partial charge on any atom is -0.508 e. The van der Waals surface area contributed by atoms with Gasteiger partial charge in [0.2, 0.25) is 0 Å². The molecule has 0 aliphatic rings. The van der Waals surface area contributed by atoms with Gasteiger partial charge in [0.05, 0.1) is 5.52 Å². The van der Waals surface area contributed by atoms with E-state index >= 15 is 0 Å².